The third-order valence-electron chi connectivity index (χ3n) is 1.88. The third kappa shape index (κ3) is 2.99. The van der Waals surface area contributed by atoms with Crippen LogP contribution in [-0.4, -0.2) is 21.3 Å². The number of hydrogen-bond donors (Lipinski definition) is 1. The van der Waals surface area contributed by atoms with Gasteiger partial charge in [0.05, 0.1) is 10.9 Å². The second kappa shape index (κ2) is 4.79. The number of carboxylic acid groups (broad SMARTS) is 1. The van der Waals surface area contributed by atoms with Gasteiger partial charge in [-0.15, -0.1) is 23.1 Å². The Morgan fingerprint density at radius 1 is 1.64 bits per heavy atom. The van der Waals surface area contributed by atoms with Crippen LogP contribution in [0.4, 0.5) is 0 Å². The molecule has 0 fully saturated rings. The van der Waals surface area contributed by atoms with Crippen LogP contribution in [0.25, 0.3) is 0 Å². The minimum absolute atomic E-state index is 0.362. The molecule has 78 valence electrons. The van der Waals surface area contributed by atoms with Gasteiger partial charge in [-0.2, -0.15) is 0 Å². The maximum atomic E-state index is 10.6. The summed E-state index contributed by atoms with van der Waals surface area (Å²) in [5.41, 5.74) is 1.05. The zero-order valence-electron chi connectivity index (χ0n) is 8.40. The molecule has 0 aliphatic carbocycles. The minimum Gasteiger partial charge on any atom is -0.480 e. The number of rotatable bonds is 4. The molecule has 1 N–H and O–H groups in total. The summed E-state index contributed by atoms with van der Waals surface area (Å²) in [5, 5.41) is 9.33. The fourth-order valence-electron chi connectivity index (χ4n) is 0.868. The quantitative estimate of drug-likeness (QED) is 0.865. The molecule has 14 heavy (non-hydrogen) atoms. The summed E-state index contributed by atoms with van der Waals surface area (Å²) >= 11 is 3.05. The number of nitrogens with zero attached hydrogens (tertiary/aromatic N) is 1. The molecule has 0 aromatic carbocycles. The third-order valence-corrected chi connectivity index (χ3v) is 4.27. The highest BCUT2D eigenvalue weighted by Gasteiger charge is 2.12. The number of thioether (sulfide) groups is 1. The number of hydrogen-bond acceptors (Lipinski definition) is 4. The van der Waals surface area contributed by atoms with Crippen molar-refractivity contribution in [1.82, 2.24) is 4.98 Å². The first-order valence-electron chi connectivity index (χ1n) is 4.28. The minimum atomic E-state index is -0.764. The number of aliphatic carboxylic acids is 1. The first-order chi connectivity index (χ1) is 6.50. The van der Waals surface area contributed by atoms with Crippen LogP contribution in [0.1, 0.15) is 22.5 Å². The molecule has 0 amide bonds. The molecule has 5 heteroatoms. The van der Waals surface area contributed by atoms with Crippen LogP contribution >= 0.6 is 23.1 Å². The molecule has 0 saturated carbocycles. The monoisotopic (exact) mass is 231 g/mol. The van der Waals surface area contributed by atoms with Gasteiger partial charge in [0.2, 0.25) is 0 Å². The van der Waals surface area contributed by atoms with Gasteiger partial charge in [-0.1, -0.05) is 0 Å². The second-order valence-electron chi connectivity index (χ2n) is 3.04. The molecule has 0 spiro atoms. The fraction of sp³-hybridized carbons (Fsp3) is 0.556. The van der Waals surface area contributed by atoms with Crippen molar-refractivity contribution in [1.29, 1.82) is 0 Å². The summed E-state index contributed by atoms with van der Waals surface area (Å²) in [7, 11) is 0. The average molecular weight is 231 g/mol. The molecule has 0 aliphatic heterocycles. The SMILES string of the molecule is Cc1nc(CSC(C)C(=O)O)sc1C. The smallest absolute Gasteiger partial charge is 0.316 e. The Balaban J connectivity index is 2.50. The van der Waals surface area contributed by atoms with Gasteiger partial charge in [0.15, 0.2) is 0 Å². The summed E-state index contributed by atoms with van der Waals surface area (Å²) < 4.78 is 0. The molecule has 0 bridgehead atoms. The van der Waals surface area contributed by atoms with Crippen molar-refractivity contribution in [2.45, 2.75) is 31.8 Å². The number of carboxylic acids is 1. The lowest BCUT2D eigenvalue weighted by atomic mass is 10.4. The topological polar surface area (TPSA) is 50.2 Å². The Labute approximate surface area is 91.6 Å². The van der Waals surface area contributed by atoms with E-state index in [4.69, 9.17) is 5.11 Å². The highest BCUT2D eigenvalue weighted by molar-refractivity contribution is 7.99. The Bertz CT molecular complexity index is 316. The van der Waals surface area contributed by atoms with Crippen LogP contribution in [0.3, 0.4) is 0 Å². The Morgan fingerprint density at radius 3 is 2.71 bits per heavy atom. The van der Waals surface area contributed by atoms with Crippen LogP contribution in [0.15, 0.2) is 0 Å². The lowest BCUT2D eigenvalue weighted by Crippen LogP contribution is -2.11. The average Bonchev–Trinajstić information content (AvgIpc) is 2.42. The standard InChI is InChI=1S/C9H13NO2S2/c1-5-6(2)14-8(10-5)4-13-7(3)9(11)12/h7H,4H2,1-3H3,(H,11,12). The van der Waals surface area contributed by atoms with Crippen LogP contribution in [-0.2, 0) is 10.5 Å². The van der Waals surface area contributed by atoms with Gasteiger partial charge in [0.1, 0.15) is 5.01 Å². The summed E-state index contributed by atoms with van der Waals surface area (Å²) in [6.45, 7) is 5.70. The van der Waals surface area contributed by atoms with Crippen LogP contribution in [0, 0.1) is 13.8 Å². The van der Waals surface area contributed by atoms with E-state index in [1.165, 1.54) is 16.6 Å². The molecule has 1 unspecified atom stereocenters. The van der Waals surface area contributed by atoms with Crippen molar-refractivity contribution >= 4 is 29.1 Å². The maximum Gasteiger partial charge on any atom is 0.316 e. The van der Waals surface area contributed by atoms with Gasteiger partial charge < -0.3 is 5.11 Å². The number of aromatic nitrogens is 1. The van der Waals surface area contributed by atoms with E-state index in [9.17, 15) is 4.79 Å². The van der Waals surface area contributed by atoms with Crippen molar-refractivity contribution in [3.8, 4) is 0 Å². The molecule has 1 aromatic heterocycles. The molecule has 1 heterocycles. The van der Waals surface area contributed by atoms with E-state index in [0.717, 1.165) is 10.7 Å². The molecule has 3 nitrogen and oxygen atoms in total. The van der Waals surface area contributed by atoms with E-state index in [0.29, 0.717) is 5.75 Å². The summed E-state index contributed by atoms with van der Waals surface area (Å²) in [6.07, 6.45) is 0. The number of aryl methyl sites for hydroxylation is 2. The van der Waals surface area contributed by atoms with E-state index in [1.54, 1.807) is 18.3 Å². The van der Waals surface area contributed by atoms with Crippen LogP contribution in [0.5, 0.6) is 0 Å². The van der Waals surface area contributed by atoms with E-state index < -0.39 is 5.97 Å². The Morgan fingerprint density at radius 2 is 2.29 bits per heavy atom. The molecule has 1 atom stereocenters. The van der Waals surface area contributed by atoms with E-state index in [1.807, 2.05) is 13.8 Å². The molecule has 1 rings (SSSR count). The molecular weight excluding hydrogens is 218 g/mol. The first kappa shape index (κ1) is 11.5. The summed E-state index contributed by atoms with van der Waals surface area (Å²) in [5.74, 6) is -0.0766. The van der Waals surface area contributed by atoms with Gasteiger partial charge >= 0.3 is 5.97 Å². The maximum absolute atomic E-state index is 10.6. The number of thiazole rings is 1. The molecule has 0 aliphatic rings. The number of carbonyl (C=O) groups is 1. The Kier molecular flexibility index (Phi) is 3.95. The first-order valence-corrected chi connectivity index (χ1v) is 6.14. The van der Waals surface area contributed by atoms with Crippen molar-refractivity contribution in [3.63, 3.8) is 0 Å². The van der Waals surface area contributed by atoms with Crippen molar-refractivity contribution in [2.24, 2.45) is 0 Å². The predicted molar refractivity (Wildman–Crippen MR) is 60.0 cm³/mol. The van der Waals surface area contributed by atoms with Crippen LogP contribution < -0.4 is 0 Å². The van der Waals surface area contributed by atoms with Gasteiger partial charge in [-0.3, -0.25) is 4.79 Å². The normalized spacial score (nSPS) is 12.8. The van der Waals surface area contributed by atoms with Crippen molar-refractivity contribution in [2.75, 3.05) is 0 Å². The van der Waals surface area contributed by atoms with Crippen molar-refractivity contribution < 1.29 is 9.90 Å². The molecule has 1 aromatic rings. The zero-order valence-corrected chi connectivity index (χ0v) is 10.0. The van der Waals surface area contributed by atoms with Gasteiger partial charge in [0.25, 0.3) is 0 Å². The lowest BCUT2D eigenvalue weighted by Gasteiger charge is -2.02. The molecule has 0 radical (unpaired) electrons. The van der Waals surface area contributed by atoms with Gasteiger partial charge in [0, 0.05) is 10.6 Å². The fourth-order valence-corrected chi connectivity index (χ4v) is 2.64. The Hall–Kier alpha value is -0.550. The predicted octanol–water partition coefficient (Wildman–Crippen LogP) is 2.47. The molecular formula is C9H13NO2S2. The second-order valence-corrected chi connectivity index (χ2v) is 5.66. The van der Waals surface area contributed by atoms with Crippen LogP contribution in [0.2, 0.25) is 0 Å². The molecule has 0 saturated heterocycles. The van der Waals surface area contributed by atoms with Gasteiger partial charge in [-0.05, 0) is 20.8 Å². The zero-order chi connectivity index (χ0) is 10.7. The largest absolute Gasteiger partial charge is 0.480 e. The highest BCUT2D eigenvalue weighted by Crippen LogP contribution is 2.23. The summed E-state index contributed by atoms with van der Waals surface area (Å²) in [4.78, 5) is 16.1. The van der Waals surface area contributed by atoms with E-state index >= 15 is 0 Å². The highest BCUT2D eigenvalue weighted by atomic mass is 32.2. The van der Waals surface area contributed by atoms with Gasteiger partial charge in [-0.25, -0.2) is 4.98 Å². The van der Waals surface area contributed by atoms with E-state index in [2.05, 4.69) is 4.98 Å². The summed E-state index contributed by atoms with van der Waals surface area (Å²) in [6, 6.07) is 0. The van der Waals surface area contributed by atoms with Crippen molar-refractivity contribution in [3.05, 3.63) is 15.6 Å². The van der Waals surface area contributed by atoms with E-state index in [-0.39, 0.29) is 5.25 Å². The lowest BCUT2D eigenvalue weighted by molar-refractivity contribution is -0.136.